The Morgan fingerprint density at radius 3 is 2.44 bits per heavy atom. The van der Waals surface area contributed by atoms with Crippen molar-refractivity contribution in [3.05, 3.63) is 83.3 Å². The van der Waals surface area contributed by atoms with Gasteiger partial charge in [-0.25, -0.2) is 14.8 Å². The first-order chi connectivity index (χ1) is 21.4. The number of amides is 2. The number of nitrogens with one attached hydrogen (secondary N) is 1. The van der Waals surface area contributed by atoms with E-state index in [0.717, 1.165) is 47.4 Å². The SMILES string of the molecule is CC(c1cc2c(-c3ccc(NC(=O)OC(C)(C)C)nc3C#N)ccnc2n1C)N1CC=C(c2ccc(C(=O)N(C)C)cc2)CC1. The number of rotatable bonds is 6. The smallest absolute Gasteiger partial charge is 0.413 e. The van der Waals surface area contributed by atoms with E-state index in [4.69, 9.17) is 4.74 Å². The van der Waals surface area contributed by atoms with Gasteiger partial charge in [0.05, 0.1) is 0 Å². The molecule has 0 spiro atoms. The second-order valence-corrected chi connectivity index (χ2v) is 12.5. The molecule has 2 amide bonds. The third kappa shape index (κ3) is 6.74. The van der Waals surface area contributed by atoms with Gasteiger partial charge in [-0.1, -0.05) is 18.2 Å². The van der Waals surface area contributed by atoms with Gasteiger partial charge in [-0.2, -0.15) is 5.26 Å². The number of aromatic nitrogens is 3. The molecule has 4 heterocycles. The van der Waals surface area contributed by atoms with Gasteiger partial charge in [0, 0.05) is 68.7 Å². The number of anilines is 1. The molecule has 5 rings (SSSR count). The number of carbonyl (C=O) groups excluding carboxylic acids is 2. The standard InChI is InChI=1S/C35H39N7O3/c1-22(42-18-15-24(16-19-42)23-8-10-25(11-9-23)33(43)40(5)6)30-20-28-26(14-17-37-32(28)41(30)7)27-12-13-31(38-29(27)21-36)39-34(44)45-35(2,3)4/h8-15,17,20,22H,16,18-19H2,1-7H3,(H,38,39,44). The molecule has 3 aromatic heterocycles. The lowest BCUT2D eigenvalue weighted by atomic mass is 9.97. The molecule has 0 radical (unpaired) electrons. The highest BCUT2D eigenvalue weighted by molar-refractivity contribution is 5.96. The molecule has 10 heteroatoms. The summed E-state index contributed by atoms with van der Waals surface area (Å²) in [6, 6.07) is 17.7. The topological polar surface area (TPSA) is 116 Å². The minimum Gasteiger partial charge on any atom is -0.444 e. The van der Waals surface area contributed by atoms with Crippen LogP contribution in [0, 0.1) is 11.3 Å². The zero-order valence-corrected chi connectivity index (χ0v) is 26.9. The number of hydrogen-bond acceptors (Lipinski definition) is 7. The van der Waals surface area contributed by atoms with Crippen LogP contribution in [0.25, 0.3) is 27.7 Å². The van der Waals surface area contributed by atoms with Gasteiger partial charge < -0.3 is 14.2 Å². The number of nitriles is 1. The zero-order chi connectivity index (χ0) is 32.5. The summed E-state index contributed by atoms with van der Waals surface area (Å²) in [4.78, 5) is 37.6. The Bertz CT molecular complexity index is 1820. The molecule has 0 fully saturated rings. The van der Waals surface area contributed by atoms with E-state index in [1.807, 2.05) is 37.4 Å². The molecule has 1 N–H and O–H groups in total. The van der Waals surface area contributed by atoms with E-state index >= 15 is 0 Å². The average molecular weight is 606 g/mol. The van der Waals surface area contributed by atoms with E-state index in [0.29, 0.717) is 11.1 Å². The van der Waals surface area contributed by atoms with Crippen molar-refractivity contribution in [3.63, 3.8) is 0 Å². The number of nitrogens with zero attached hydrogens (tertiary/aromatic N) is 6. The summed E-state index contributed by atoms with van der Waals surface area (Å²) >= 11 is 0. The second-order valence-electron chi connectivity index (χ2n) is 12.5. The van der Waals surface area contributed by atoms with E-state index in [-0.39, 0.29) is 23.5 Å². The molecule has 0 bridgehead atoms. The fraction of sp³-hybridized carbons (Fsp3) is 0.343. The Labute approximate surface area is 263 Å². The lowest BCUT2D eigenvalue weighted by Crippen LogP contribution is -2.32. The molecular weight excluding hydrogens is 566 g/mol. The molecule has 0 saturated carbocycles. The Hall–Kier alpha value is -5.01. The predicted molar refractivity (Wildman–Crippen MR) is 176 cm³/mol. The maximum Gasteiger partial charge on any atom is 0.413 e. The molecule has 232 valence electrons. The van der Waals surface area contributed by atoms with Crippen LogP contribution in [0.2, 0.25) is 0 Å². The van der Waals surface area contributed by atoms with Crippen LogP contribution in [0.1, 0.15) is 67.5 Å². The summed E-state index contributed by atoms with van der Waals surface area (Å²) < 4.78 is 7.43. The van der Waals surface area contributed by atoms with Crippen LogP contribution in [0.3, 0.4) is 0 Å². The van der Waals surface area contributed by atoms with Crippen molar-refractivity contribution in [1.29, 1.82) is 5.26 Å². The molecule has 1 aromatic carbocycles. The third-order valence-corrected chi connectivity index (χ3v) is 8.01. The highest BCUT2D eigenvalue weighted by atomic mass is 16.6. The lowest BCUT2D eigenvalue weighted by Gasteiger charge is -2.32. The minimum absolute atomic E-state index is 0.000828. The zero-order valence-electron chi connectivity index (χ0n) is 26.9. The lowest BCUT2D eigenvalue weighted by molar-refractivity contribution is 0.0635. The van der Waals surface area contributed by atoms with E-state index < -0.39 is 11.7 Å². The average Bonchev–Trinajstić information content (AvgIpc) is 3.35. The van der Waals surface area contributed by atoms with Crippen LogP contribution in [0.4, 0.5) is 10.6 Å². The summed E-state index contributed by atoms with van der Waals surface area (Å²) in [5, 5.41) is 13.5. The Balaban J connectivity index is 1.37. The Morgan fingerprint density at radius 1 is 1.09 bits per heavy atom. The Morgan fingerprint density at radius 2 is 1.82 bits per heavy atom. The quantitative estimate of drug-likeness (QED) is 0.270. The van der Waals surface area contributed by atoms with Gasteiger partial charge in [0.2, 0.25) is 0 Å². The summed E-state index contributed by atoms with van der Waals surface area (Å²) in [5.41, 5.74) is 6.09. The number of hydrogen-bond donors (Lipinski definition) is 1. The first-order valence-corrected chi connectivity index (χ1v) is 15.0. The van der Waals surface area contributed by atoms with Crippen LogP contribution >= 0.6 is 0 Å². The molecule has 45 heavy (non-hydrogen) atoms. The Kier molecular flexibility index (Phi) is 8.75. The van der Waals surface area contributed by atoms with Crippen molar-refractivity contribution in [2.75, 3.05) is 32.5 Å². The molecular formula is C35H39N7O3. The van der Waals surface area contributed by atoms with E-state index in [1.54, 1.807) is 58.1 Å². The summed E-state index contributed by atoms with van der Waals surface area (Å²) in [7, 11) is 5.53. The van der Waals surface area contributed by atoms with Crippen LogP contribution in [0.15, 0.2) is 60.8 Å². The van der Waals surface area contributed by atoms with Crippen molar-refractivity contribution in [3.8, 4) is 17.2 Å². The largest absolute Gasteiger partial charge is 0.444 e. The van der Waals surface area contributed by atoms with Gasteiger partial charge in [0.25, 0.3) is 5.91 Å². The maximum atomic E-state index is 12.3. The summed E-state index contributed by atoms with van der Waals surface area (Å²) in [5.74, 6) is 0.242. The number of fused-ring (bicyclic) bond motifs is 1. The number of pyridine rings is 2. The van der Waals surface area contributed by atoms with Crippen LogP contribution in [-0.4, -0.2) is 69.1 Å². The monoisotopic (exact) mass is 605 g/mol. The van der Waals surface area contributed by atoms with Crippen molar-refractivity contribution in [2.45, 2.75) is 45.8 Å². The second kappa shape index (κ2) is 12.5. The molecule has 1 atom stereocenters. The fourth-order valence-electron chi connectivity index (χ4n) is 5.68. The molecule has 1 aliphatic rings. The van der Waals surface area contributed by atoms with Gasteiger partial charge in [-0.3, -0.25) is 15.0 Å². The van der Waals surface area contributed by atoms with Gasteiger partial charge >= 0.3 is 6.09 Å². The highest BCUT2D eigenvalue weighted by Crippen LogP contribution is 2.35. The molecule has 0 saturated heterocycles. The van der Waals surface area contributed by atoms with Crippen molar-refractivity contribution < 1.29 is 14.3 Å². The van der Waals surface area contributed by atoms with Crippen LogP contribution in [0.5, 0.6) is 0 Å². The predicted octanol–water partition coefficient (Wildman–Crippen LogP) is 6.41. The third-order valence-electron chi connectivity index (χ3n) is 8.01. The van der Waals surface area contributed by atoms with E-state index in [1.165, 1.54) is 5.57 Å². The number of aryl methyl sites for hydroxylation is 1. The fourth-order valence-corrected chi connectivity index (χ4v) is 5.68. The summed E-state index contributed by atoms with van der Waals surface area (Å²) in [6.45, 7) is 9.24. The van der Waals surface area contributed by atoms with Crippen molar-refractivity contribution >= 4 is 34.4 Å². The number of carbonyl (C=O) groups is 2. The first kappa shape index (κ1) is 31.4. The van der Waals surface area contributed by atoms with Gasteiger partial charge in [0.1, 0.15) is 23.1 Å². The van der Waals surface area contributed by atoms with Gasteiger partial charge in [0.15, 0.2) is 5.69 Å². The highest BCUT2D eigenvalue weighted by Gasteiger charge is 2.24. The molecule has 4 aromatic rings. The molecule has 0 aliphatic carbocycles. The minimum atomic E-state index is -0.652. The maximum absolute atomic E-state index is 12.3. The summed E-state index contributed by atoms with van der Waals surface area (Å²) in [6.07, 6.45) is 4.29. The molecule has 1 aliphatic heterocycles. The van der Waals surface area contributed by atoms with Crippen LogP contribution in [-0.2, 0) is 11.8 Å². The van der Waals surface area contributed by atoms with Crippen LogP contribution < -0.4 is 5.32 Å². The van der Waals surface area contributed by atoms with Crippen molar-refractivity contribution in [1.82, 2.24) is 24.3 Å². The normalized spacial score (nSPS) is 14.4. The number of benzene rings is 1. The van der Waals surface area contributed by atoms with Crippen molar-refractivity contribution in [2.24, 2.45) is 7.05 Å². The van der Waals surface area contributed by atoms with Gasteiger partial charge in [-0.15, -0.1) is 0 Å². The van der Waals surface area contributed by atoms with Gasteiger partial charge in [-0.05, 0) is 87.2 Å². The molecule has 10 nitrogen and oxygen atoms in total. The first-order valence-electron chi connectivity index (χ1n) is 15.0. The van der Waals surface area contributed by atoms with E-state index in [9.17, 15) is 14.9 Å². The molecule has 1 unspecified atom stereocenters. The van der Waals surface area contributed by atoms with E-state index in [2.05, 4.69) is 49.9 Å². The number of ether oxygens (including phenoxy) is 1.